The molecule has 94 valence electrons. The van der Waals surface area contributed by atoms with Crippen LogP contribution in [0.5, 0.6) is 0 Å². The molecule has 4 heteroatoms. The lowest BCUT2D eigenvalue weighted by molar-refractivity contribution is 0.306. The third-order valence-electron chi connectivity index (χ3n) is 3.77. The van der Waals surface area contributed by atoms with E-state index in [1.165, 1.54) is 19.3 Å². The van der Waals surface area contributed by atoms with Crippen LogP contribution in [0.15, 0.2) is 35.7 Å². The van der Waals surface area contributed by atoms with Gasteiger partial charge in [0.15, 0.2) is 5.84 Å². The second kappa shape index (κ2) is 4.80. The van der Waals surface area contributed by atoms with Crippen LogP contribution in [0.2, 0.25) is 0 Å². The molecule has 18 heavy (non-hydrogen) atoms. The first-order chi connectivity index (χ1) is 8.90. The van der Waals surface area contributed by atoms with Crippen molar-refractivity contribution in [2.75, 3.05) is 0 Å². The van der Waals surface area contributed by atoms with Crippen molar-refractivity contribution < 1.29 is 5.21 Å². The lowest BCUT2D eigenvalue weighted by Crippen LogP contribution is -2.24. The fourth-order valence-corrected chi connectivity index (χ4v) is 2.83. The fraction of sp³-hybridized carbons (Fsp3) is 0.429. The minimum atomic E-state index is 0.348. The maximum atomic E-state index is 9.35. The molecule has 1 heterocycles. The first kappa shape index (κ1) is 11.3. The number of rotatable bonds is 1. The normalized spacial score (nSPS) is 18.3. The van der Waals surface area contributed by atoms with Crippen molar-refractivity contribution in [2.45, 2.75) is 32.1 Å². The van der Waals surface area contributed by atoms with Gasteiger partial charge in [-0.25, -0.2) is 4.98 Å². The van der Waals surface area contributed by atoms with Crippen LogP contribution < -0.4 is 0 Å². The van der Waals surface area contributed by atoms with Crippen molar-refractivity contribution >= 4 is 16.9 Å². The summed E-state index contributed by atoms with van der Waals surface area (Å²) in [5.41, 5.74) is 1.95. The van der Waals surface area contributed by atoms with E-state index in [2.05, 4.69) is 10.1 Å². The average Bonchev–Trinajstić information content (AvgIpc) is 2.85. The summed E-state index contributed by atoms with van der Waals surface area (Å²) in [5.74, 6) is 1.09. The number of hydrogen-bond donors (Lipinski definition) is 1. The summed E-state index contributed by atoms with van der Waals surface area (Å²) in [6.45, 7) is 0. The maximum absolute atomic E-state index is 9.35. The van der Waals surface area contributed by atoms with E-state index in [4.69, 9.17) is 0 Å². The Kier molecular flexibility index (Phi) is 3.00. The lowest BCUT2D eigenvalue weighted by Gasteiger charge is -2.22. The molecule has 1 aliphatic rings. The Bertz CT molecular complexity index is 567. The van der Waals surface area contributed by atoms with Gasteiger partial charge in [-0.2, -0.15) is 0 Å². The molecular formula is C14H17N3O. The standard InChI is InChI=1S/C14H17N3O/c18-16-14(11-6-2-1-3-7-11)17-10-15-12-8-4-5-9-13(12)17/h4-5,8-11,18H,1-3,6-7H2. The molecule has 1 fully saturated rings. The number of oxime groups is 1. The van der Waals surface area contributed by atoms with E-state index in [0.29, 0.717) is 5.92 Å². The summed E-state index contributed by atoms with van der Waals surface area (Å²) >= 11 is 0. The molecule has 1 aliphatic carbocycles. The number of para-hydroxylation sites is 2. The monoisotopic (exact) mass is 243 g/mol. The van der Waals surface area contributed by atoms with Gasteiger partial charge in [-0.3, -0.25) is 4.57 Å². The molecule has 0 bridgehead atoms. The predicted molar refractivity (Wildman–Crippen MR) is 70.9 cm³/mol. The second-order valence-corrected chi connectivity index (χ2v) is 4.90. The van der Waals surface area contributed by atoms with Crippen LogP contribution in [0.4, 0.5) is 0 Å². The van der Waals surface area contributed by atoms with Crippen LogP contribution in [0, 0.1) is 5.92 Å². The van der Waals surface area contributed by atoms with Gasteiger partial charge in [0.05, 0.1) is 11.0 Å². The number of fused-ring (bicyclic) bond motifs is 1. The molecule has 1 aromatic heterocycles. The zero-order chi connectivity index (χ0) is 12.4. The molecule has 1 aromatic carbocycles. The summed E-state index contributed by atoms with van der Waals surface area (Å²) in [6, 6.07) is 7.93. The molecule has 0 amide bonds. The molecule has 0 aliphatic heterocycles. The minimum absolute atomic E-state index is 0.348. The van der Waals surface area contributed by atoms with Crippen LogP contribution in [0.3, 0.4) is 0 Å². The first-order valence-corrected chi connectivity index (χ1v) is 6.54. The summed E-state index contributed by atoms with van der Waals surface area (Å²) in [4.78, 5) is 4.35. The number of hydrogen-bond acceptors (Lipinski definition) is 3. The predicted octanol–water partition coefficient (Wildman–Crippen LogP) is 3.25. The topological polar surface area (TPSA) is 50.4 Å². The highest BCUT2D eigenvalue weighted by molar-refractivity contribution is 5.94. The molecule has 1 saturated carbocycles. The van der Waals surface area contributed by atoms with E-state index in [-0.39, 0.29) is 0 Å². The van der Waals surface area contributed by atoms with Crippen molar-refractivity contribution in [1.29, 1.82) is 0 Å². The third-order valence-corrected chi connectivity index (χ3v) is 3.77. The van der Waals surface area contributed by atoms with Crippen molar-refractivity contribution in [3.05, 3.63) is 30.6 Å². The SMILES string of the molecule is ON=C(C1CCCCC1)n1cnc2ccccc21. The smallest absolute Gasteiger partial charge is 0.157 e. The van der Waals surface area contributed by atoms with E-state index in [9.17, 15) is 5.21 Å². The van der Waals surface area contributed by atoms with Gasteiger partial charge in [0.1, 0.15) is 6.33 Å². The van der Waals surface area contributed by atoms with Crippen LogP contribution in [-0.4, -0.2) is 20.6 Å². The van der Waals surface area contributed by atoms with Gasteiger partial charge >= 0.3 is 0 Å². The van der Waals surface area contributed by atoms with Gasteiger partial charge < -0.3 is 5.21 Å². The van der Waals surface area contributed by atoms with E-state index in [1.54, 1.807) is 6.33 Å². The zero-order valence-corrected chi connectivity index (χ0v) is 10.3. The van der Waals surface area contributed by atoms with E-state index in [0.717, 1.165) is 29.7 Å². The van der Waals surface area contributed by atoms with Crippen LogP contribution in [-0.2, 0) is 0 Å². The van der Waals surface area contributed by atoms with Gasteiger partial charge in [-0.05, 0) is 25.0 Å². The maximum Gasteiger partial charge on any atom is 0.157 e. The molecule has 0 saturated heterocycles. The molecule has 0 unspecified atom stereocenters. The molecule has 0 radical (unpaired) electrons. The zero-order valence-electron chi connectivity index (χ0n) is 10.3. The Morgan fingerprint density at radius 3 is 2.78 bits per heavy atom. The highest BCUT2D eigenvalue weighted by Gasteiger charge is 2.22. The van der Waals surface area contributed by atoms with Crippen molar-refractivity contribution in [2.24, 2.45) is 11.1 Å². The number of imidazole rings is 1. The molecule has 4 nitrogen and oxygen atoms in total. The van der Waals surface area contributed by atoms with E-state index >= 15 is 0 Å². The van der Waals surface area contributed by atoms with E-state index in [1.807, 2.05) is 28.8 Å². The third kappa shape index (κ3) is 1.88. The average molecular weight is 243 g/mol. The van der Waals surface area contributed by atoms with Gasteiger partial charge in [0.25, 0.3) is 0 Å². The molecule has 2 aromatic rings. The molecular weight excluding hydrogens is 226 g/mol. The van der Waals surface area contributed by atoms with Crippen molar-refractivity contribution in [1.82, 2.24) is 9.55 Å². The lowest BCUT2D eigenvalue weighted by atomic mass is 9.88. The fourth-order valence-electron chi connectivity index (χ4n) is 2.83. The summed E-state index contributed by atoms with van der Waals surface area (Å²) in [7, 11) is 0. The molecule has 3 rings (SSSR count). The van der Waals surface area contributed by atoms with Crippen molar-refractivity contribution in [3.63, 3.8) is 0 Å². The van der Waals surface area contributed by atoms with E-state index < -0.39 is 0 Å². The van der Waals surface area contributed by atoms with Crippen molar-refractivity contribution in [3.8, 4) is 0 Å². The van der Waals surface area contributed by atoms with Crippen LogP contribution >= 0.6 is 0 Å². The highest BCUT2D eigenvalue weighted by atomic mass is 16.4. The quantitative estimate of drug-likeness (QED) is 0.362. The number of aromatic nitrogens is 2. The van der Waals surface area contributed by atoms with Gasteiger partial charge in [-0.15, -0.1) is 0 Å². The molecule has 0 atom stereocenters. The molecule has 1 N–H and O–H groups in total. The van der Waals surface area contributed by atoms with Gasteiger partial charge in [0, 0.05) is 5.92 Å². The summed E-state index contributed by atoms with van der Waals surface area (Å²) in [5, 5.41) is 12.9. The Hall–Kier alpha value is -1.84. The highest BCUT2D eigenvalue weighted by Crippen LogP contribution is 2.26. The minimum Gasteiger partial charge on any atom is -0.409 e. The Balaban J connectivity index is 2.01. The molecule has 0 spiro atoms. The number of benzene rings is 1. The Morgan fingerprint density at radius 1 is 1.22 bits per heavy atom. The van der Waals surface area contributed by atoms with Gasteiger partial charge in [0.2, 0.25) is 0 Å². The van der Waals surface area contributed by atoms with Gasteiger partial charge in [-0.1, -0.05) is 36.6 Å². The second-order valence-electron chi connectivity index (χ2n) is 4.90. The van der Waals surface area contributed by atoms with Crippen LogP contribution in [0.25, 0.3) is 11.0 Å². The number of nitrogens with zero attached hydrogens (tertiary/aromatic N) is 3. The van der Waals surface area contributed by atoms with Crippen LogP contribution in [0.1, 0.15) is 32.1 Å². The first-order valence-electron chi connectivity index (χ1n) is 6.54. The Morgan fingerprint density at radius 2 is 2.00 bits per heavy atom. The summed E-state index contributed by atoms with van der Waals surface area (Å²) < 4.78 is 1.92. The Labute approximate surface area is 106 Å². The largest absolute Gasteiger partial charge is 0.409 e. The summed E-state index contributed by atoms with van der Waals surface area (Å²) in [6.07, 6.45) is 7.69.